The molecule has 28 heavy (non-hydrogen) atoms. The van der Waals surface area contributed by atoms with Crippen LogP contribution in [0.15, 0.2) is 47.6 Å². The monoisotopic (exact) mass is 378 g/mol. The Balaban J connectivity index is 1.24. The van der Waals surface area contributed by atoms with E-state index in [0.29, 0.717) is 6.79 Å². The molecule has 0 unspecified atom stereocenters. The molecule has 3 N–H and O–H groups in total. The molecule has 0 spiro atoms. The highest BCUT2D eigenvalue weighted by Gasteiger charge is 2.13. The number of aliphatic imine (C=N–C) groups is 1. The maximum absolute atomic E-state index is 5.43. The molecule has 0 amide bonds. The van der Waals surface area contributed by atoms with E-state index in [2.05, 4.69) is 58.0 Å². The van der Waals surface area contributed by atoms with Crippen molar-refractivity contribution in [2.75, 3.05) is 26.9 Å². The minimum Gasteiger partial charge on any atom is -0.454 e. The summed E-state index contributed by atoms with van der Waals surface area (Å²) >= 11 is 0. The van der Waals surface area contributed by atoms with Gasteiger partial charge in [-0.15, -0.1) is 0 Å². The molecule has 0 radical (unpaired) electrons. The fourth-order valence-electron chi connectivity index (χ4n) is 3.46. The van der Waals surface area contributed by atoms with Crippen molar-refractivity contribution in [1.82, 2.24) is 15.6 Å². The van der Waals surface area contributed by atoms with Crippen LogP contribution < -0.4 is 20.1 Å². The lowest BCUT2D eigenvalue weighted by Gasteiger charge is -2.12. The largest absolute Gasteiger partial charge is 0.454 e. The Bertz CT molecular complexity index is 993. The van der Waals surface area contributed by atoms with Crippen molar-refractivity contribution < 1.29 is 9.47 Å². The first-order chi connectivity index (χ1) is 13.7. The summed E-state index contributed by atoms with van der Waals surface area (Å²) in [7, 11) is 1.80. The second-order valence-electron chi connectivity index (χ2n) is 6.98. The highest BCUT2D eigenvalue weighted by Crippen LogP contribution is 2.32. The lowest BCUT2D eigenvalue weighted by atomic mass is 10.1. The number of H-pyrrole nitrogens is 1. The van der Waals surface area contributed by atoms with Gasteiger partial charge < -0.3 is 25.1 Å². The van der Waals surface area contributed by atoms with Crippen LogP contribution in [-0.2, 0) is 12.8 Å². The van der Waals surface area contributed by atoms with E-state index in [1.807, 2.05) is 12.1 Å². The Morgan fingerprint density at radius 2 is 1.86 bits per heavy atom. The molecule has 0 fully saturated rings. The number of fused-ring (bicyclic) bond motifs is 2. The first-order valence-electron chi connectivity index (χ1n) is 9.62. The van der Waals surface area contributed by atoms with Crippen molar-refractivity contribution in [3.8, 4) is 11.5 Å². The topological polar surface area (TPSA) is 70.7 Å². The maximum Gasteiger partial charge on any atom is 0.231 e. The van der Waals surface area contributed by atoms with Gasteiger partial charge in [0, 0.05) is 37.2 Å². The van der Waals surface area contributed by atoms with Crippen LogP contribution in [0.1, 0.15) is 16.7 Å². The molecule has 6 nitrogen and oxygen atoms in total. The molecule has 0 saturated heterocycles. The molecule has 0 aliphatic carbocycles. The quantitative estimate of drug-likeness (QED) is 0.455. The Hall–Kier alpha value is -3.15. The van der Waals surface area contributed by atoms with Gasteiger partial charge in [0.1, 0.15) is 0 Å². The summed E-state index contributed by atoms with van der Waals surface area (Å²) in [4.78, 5) is 7.67. The van der Waals surface area contributed by atoms with Gasteiger partial charge in [-0.1, -0.05) is 18.2 Å². The summed E-state index contributed by atoms with van der Waals surface area (Å²) < 4.78 is 10.8. The molecule has 2 aromatic carbocycles. The van der Waals surface area contributed by atoms with Crippen LogP contribution in [-0.4, -0.2) is 37.9 Å². The molecule has 146 valence electrons. The summed E-state index contributed by atoms with van der Waals surface area (Å²) in [6.07, 6.45) is 3.92. The molecule has 2 heterocycles. The second kappa shape index (κ2) is 8.25. The number of rotatable bonds is 6. The molecule has 4 rings (SSSR count). The van der Waals surface area contributed by atoms with E-state index >= 15 is 0 Å². The normalized spacial score (nSPS) is 13.1. The van der Waals surface area contributed by atoms with Gasteiger partial charge >= 0.3 is 0 Å². The van der Waals surface area contributed by atoms with Crippen molar-refractivity contribution in [1.29, 1.82) is 0 Å². The average molecular weight is 378 g/mol. The van der Waals surface area contributed by atoms with Crippen molar-refractivity contribution in [2.45, 2.75) is 19.8 Å². The van der Waals surface area contributed by atoms with Crippen LogP contribution in [0.3, 0.4) is 0 Å². The summed E-state index contributed by atoms with van der Waals surface area (Å²) in [5.41, 5.74) is 4.99. The Morgan fingerprint density at radius 3 is 2.71 bits per heavy atom. The number of aryl methyl sites for hydroxylation is 1. The van der Waals surface area contributed by atoms with E-state index in [1.165, 1.54) is 27.6 Å². The number of ether oxygens (including phenoxy) is 2. The van der Waals surface area contributed by atoms with E-state index in [9.17, 15) is 0 Å². The third kappa shape index (κ3) is 4.06. The number of hydrogen-bond donors (Lipinski definition) is 3. The highest BCUT2D eigenvalue weighted by molar-refractivity contribution is 5.84. The molecule has 6 heteroatoms. The van der Waals surface area contributed by atoms with Crippen LogP contribution >= 0.6 is 0 Å². The first-order valence-corrected chi connectivity index (χ1v) is 9.62. The van der Waals surface area contributed by atoms with Gasteiger partial charge in [-0.2, -0.15) is 0 Å². The van der Waals surface area contributed by atoms with Crippen molar-refractivity contribution in [3.05, 3.63) is 59.3 Å². The number of benzene rings is 2. The number of hydrogen-bond acceptors (Lipinski definition) is 3. The number of guanidine groups is 1. The van der Waals surface area contributed by atoms with Gasteiger partial charge in [0.15, 0.2) is 17.5 Å². The predicted molar refractivity (Wildman–Crippen MR) is 112 cm³/mol. The number of nitrogens with one attached hydrogen (secondary N) is 3. The van der Waals surface area contributed by atoms with Gasteiger partial charge in [0.2, 0.25) is 6.79 Å². The molecule has 0 atom stereocenters. The first kappa shape index (κ1) is 18.2. The summed E-state index contributed by atoms with van der Waals surface area (Å²) in [6, 6.07) is 12.6. The van der Waals surface area contributed by atoms with Crippen LogP contribution in [0.25, 0.3) is 10.9 Å². The van der Waals surface area contributed by atoms with Crippen molar-refractivity contribution in [2.24, 2.45) is 4.99 Å². The van der Waals surface area contributed by atoms with E-state index in [0.717, 1.165) is 43.4 Å². The van der Waals surface area contributed by atoms with E-state index < -0.39 is 0 Å². The van der Waals surface area contributed by atoms with Gasteiger partial charge in [-0.3, -0.25) is 4.99 Å². The van der Waals surface area contributed by atoms with Crippen LogP contribution in [0, 0.1) is 6.92 Å². The summed E-state index contributed by atoms with van der Waals surface area (Å²) in [5.74, 6) is 2.46. The summed E-state index contributed by atoms with van der Waals surface area (Å²) in [6.45, 7) is 4.04. The predicted octanol–water partition coefficient (Wildman–Crippen LogP) is 3.16. The minimum atomic E-state index is 0.309. The Kier molecular flexibility index (Phi) is 5.37. The zero-order chi connectivity index (χ0) is 19.3. The molecule has 3 aromatic rings. The fourth-order valence-corrected chi connectivity index (χ4v) is 3.46. The molecular formula is C22H26N4O2. The van der Waals surface area contributed by atoms with Gasteiger partial charge in [0.25, 0.3) is 0 Å². The van der Waals surface area contributed by atoms with Crippen LogP contribution in [0.5, 0.6) is 11.5 Å². The molecule has 0 saturated carbocycles. The average Bonchev–Trinajstić information content (AvgIpc) is 3.33. The third-order valence-corrected chi connectivity index (χ3v) is 4.98. The summed E-state index contributed by atoms with van der Waals surface area (Å²) in [5, 5.41) is 8.05. The second-order valence-corrected chi connectivity index (χ2v) is 6.98. The number of aromatic amines is 1. The lowest BCUT2D eigenvalue weighted by Crippen LogP contribution is -2.39. The van der Waals surface area contributed by atoms with Gasteiger partial charge in [-0.25, -0.2) is 0 Å². The van der Waals surface area contributed by atoms with E-state index in [4.69, 9.17) is 9.47 Å². The van der Waals surface area contributed by atoms with Crippen molar-refractivity contribution in [3.63, 3.8) is 0 Å². The van der Waals surface area contributed by atoms with Crippen molar-refractivity contribution >= 4 is 16.9 Å². The lowest BCUT2D eigenvalue weighted by molar-refractivity contribution is 0.174. The zero-order valence-corrected chi connectivity index (χ0v) is 16.3. The molecule has 0 bridgehead atoms. The Labute approximate surface area is 165 Å². The third-order valence-electron chi connectivity index (χ3n) is 4.98. The minimum absolute atomic E-state index is 0.309. The zero-order valence-electron chi connectivity index (χ0n) is 16.3. The fraction of sp³-hybridized carbons (Fsp3) is 0.318. The van der Waals surface area contributed by atoms with E-state index in [-0.39, 0.29) is 0 Å². The maximum atomic E-state index is 5.43. The molecular weight excluding hydrogens is 352 g/mol. The standard InChI is InChI=1S/C22H26N4O2/c1-15-3-5-18-17(13-26-19(18)11-15)8-10-25-22(23-2)24-9-7-16-4-6-20-21(12-16)28-14-27-20/h3-6,11-13,26H,7-10,14H2,1-2H3,(H2,23,24,25). The van der Waals surface area contributed by atoms with Crippen LogP contribution in [0.2, 0.25) is 0 Å². The number of aromatic nitrogens is 1. The highest BCUT2D eigenvalue weighted by atomic mass is 16.7. The number of nitrogens with zero attached hydrogens (tertiary/aromatic N) is 1. The molecule has 1 aliphatic rings. The van der Waals surface area contributed by atoms with Crippen LogP contribution in [0.4, 0.5) is 0 Å². The Morgan fingerprint density at radius 1 is 1.04 bits per heavy atom. The van der Waals surface area contributed by atoms with Gasteiger partial charge in [-0.05, 0) is 54.7 Å². The SMILES string of the molecule is CN=C(NCCc1ccc2c(c1)OCO2)NCCc1c[nH]c2cc(C)ccc12. The molecule has 1 aliphatic heterocycles. The van der Waals surface area contributed by atoms with Gasteiger partial charge in [0.05, 0.1) is 0 Å². The molecule has 1 aromatic heterocycles. The van der Waals surface area contributed by atoms with E-state index in [1.54, 1.807) is 7.05 Å². The smallest absolute Gasteiger partial charge is 0.231 e.